The SMILES string of the molecule is CC(=O)Sc1ccc(-c2cc(C3=C(c4cc(-c5ccc(C)s5)sc4C)C(F)(F)C(F)(F)C3(F)F)c(C)s2)s1. The second kappa shape index (κ2) is 9.36. The van der Waals surface area contributed by atoms with E-state index in [0.29, 0.717) is 18.8 Å². The van der Waals surface area contributed by atoms with Gasteiger partial charge in [0.05, 0.1) is 4.21 Å². The van der Waals surface area contributed by atoms with Gasteiger partial charge in [0.2, 0.25) is 0 Å². The normalized spacial score (nSPS) is 17.9. The number of carbonyl (C=O) groups excluding carboxylic acids is 1. The molecule has 1 nitrogen and oxygen atoms in total. The predicted molar refractivity (Wildman–Crippen MR) is 148 cm³/mol. The summed E-state index contributed by atoms with van der Waals surface area (Å²) in [7, 11) is 0. The highest BCUT2D eigenvalue weighted by atomic mass is 32.2. The van der Waals surface area contributed by atoms with Crippen LogP contribution in [0.5, 0.6) is 0 Å². The summed E-state index contributed by atoms with van der Waals surface area (Å²) >= 11 is 5.81. The van der Waals surface area contributed by atoms with Gasteiger partial charge in [-0.05, 0) is 80.1 Å². The molecule has 0 N–H and O–H groups in total. The van der Waals surface area contributed by atoms with E-state index in [1.165, 1.54) is 55.6 Å². The Morgan fingerprint density at radius 1 is 0.684 bits per heavy atom. The summed E-state index contributed by atoms with van der Waals surface area (Å²) in [5.41, 5.74) is -3.28. The predicted octanol–water partition coefficient (Wildman–Crippen LogP) is 10.7. The quantitative estimate of drug-likeness (QED) is 0.163. The van der Waals surface area contributed by atoms with Gasteiger partial charge in [-0.15, -0.1) is 45.3 Å². The van der Waals surface area contributed by atoms with Crippen molar-refractivity contribution in [3.63, 3.8) is 0 Å². The molecule has 0 aromatic carbocycles. The standard InChI is InChI=1S/C26H18F6OS5/c1-11-5-6-17(34-11)19-9-15(12(2)35-19)22-23(25(29,30)26(31,32)24(22,27)28)16-10-20(36-13(16)3)18-7-8-21(38-18)37-14(4)33/h5-10H,1-4H3. The molecule has 0 saturated heterocycles. The van der Waals surface area contributed by atoms with Crippen LogP contribution in [0.2, 0.25) is 0 Å². The first-order chi connectivity index (χ1) is 17.6. The van der Waals surface area contributed by atoms with E-state index < -0.39 is 28.9 Å². The number of hydrogen-bond acceptors (Lipinski definition) is 6. The maximum Gasteiger partial charge on any atom is 0.380 e. The van der Waals surface area contributed by atoms with Crippen molar-refractivity contribution in [1.82, 2.24) is 0 Å². The molecule has 1 aliphatic carbocycles. The Bertz CT molecular complexity index is 1600. The molecule has 0 radical (unpaired) electrons. The number of halogens is 6. The summed E-state index contributed by atoms with van der Waals surface area (Å²) in [4.78, 5) is 15.2. The molecular formula is C26H18F6OS5. The number of aryl methyl sites for hydroxylation is 3. The molecule has 4 aromatic heterocycles. The van der Waals surface area contributed by atoms with Gasteiger partial charge in [-0.25, -0.2) is 0 Å². The Morgan fingerprint density at radius 2 is 1.16 bits per heavy atom. The number of allylic oxidation sites excluding steroid dienone is 2. The van der Waals surface area contributed by atoms with Crippen molar-refractivity contribution in [2.45, 2.75) is 49.7 Å². The second-order valence-electron chi connectivity index (χ2n) is 8.76. The van der Waals surface area contributed by atoms with Gasteiger partial charge >= 0.3 is 17.8 Å². The van der Waals surface area contributed by atoms with Crippen LogP contribution in [0, 0.1) is 20.8 Å². The number of thioether (sulfide) groups is 1. The fourth-order valence-corrected chi connectivity index (χ4v) is 9.38. The summed E-state index contributed by atoms with van der Waals surface area (Å²) in [6.45, 7) is 6.21. The van der Waals surface area contributed by atoms with Gasteiger partial charge in [-0.2, -0.15) is 26.3 Å². The van der Waals surface area contributed by atoms with Gasteiger partial charge in [0, 0.05) is 52.2 Å². The van der Waals surface area contributed by atoms with Gasteiger partial charge in [-0.3, -0.25) is 4.79 Å². The van der Waals surface area contributed by atoms with E-state index >= 15 is 17.6 Å². The molecule has 4 aromatic rings. The van der Waals surface area contributed by atoms with E-state index in [-0.39, 0.29) is 26.0 Å². The molecule has 200 valence electrons. The van der Waals surface area contributed by atoms with E-state index in [9.17, 15) is 13.6 Å². The van der Waals surface area contributed by atoms with Crippen molar-refractivity contribution in [3.8, 4) is 19.5 Å². The van der Waals surface area contributed by atoms with E-state index in [2.05, 4.69) is 0 Å². The van der Waals surface area contributed by atoms with Crippen LogP contribution in [0.15, 0.2) is 40.6 Å². The molecule has 0 bridgehead atoms. The second-order valence-corrected chi connectivity index (χ2v) is 15.1. The van der Waals surface area contributed by atoms with Gasteiger partial charge in [-0.1, -0.05) is 0 Å². The van der Waals surface area contributed by atoms with Crippen molar-refractivity contribution in [1.29, 1.82) is 0 Å². The zero-order chi connectivity index (χ0) is 27.8. The third kappa shape index (κ3) is 4.23. The lowest BCUT2D eigenvalue weighted by atomic mass is 9.95. The Morgan fingerprint density at radius 3 is 1.61 bits per heavy atom. The van der Waals surface area contributed by atoms with Crippen LogP contribution < -0.4 is 0 Å². The van der Waals surface area contributed by atoms with Crippen LogP contribution in [0.25, 0.3) is 30.7 Å². The molecule has 0 unspecified atom stereocenters. The Balaban J connectivity index is 1.72. The van der Waals surface area contributed by atoms with Crippen molar-refractivity contribution in [2.75, 3.05) is 0 Å². The highest BCUT2D eigenvalue weighted by molar-refractivity contribution is 8.15. The average Bonchev–Trinajstić information content (AvgIpc) is 3.60. The highest BCUT2D eigenvalue weighted by Crippen LogP contribution is 2.66. The molecule has 1 aliphatic rings. The molecule has 0 aliphatic heterocycles. The van der Waals surface area contributed by atoms with Crippen LogP contribution in [0.1, 0.15) is 32.7 Å². The van der Waals surface area contributed by atoms with Gasteiger partial charge in [0.15, 0.2) is 5.12 Å². The number of hydrogen-bond donors (Lipinski definition) is 0. The minimum absolute atomic E-state index is 0.130. The van der Waals surface area contributed by atoms with Crippen LogP contribution in [-0.4, -0.2) is 22.9 Å². The van der Waals surface area contributed by atoms with Crippen LogP contribution in [-0.2, 0) is 4.79 Å². The van der Waals surface area contributed by atoms with E-state index in [4.69, 9.17) is 0 Å². The molecule has 0 atom stereocenters. The van der Waals surface area contributed by atoms with E-state index in [1.54, 1.807) is 18.2 Å². The fraction of sp³-hybridized carbons (Fsp3) is 0.269. The third-order valence-electron chi connectivity index (χ3n) is 6.09. The van der Waals surface area contributed by atoms with Gasteiger partial charge < -0.3 is 0 Å². The third-order valence-corrected chi connectivity index (χ3v) is 11.6. The number of alkyl halides is 6. The average molecular weight is 621 g/mol. The van der Waals surface area contributed by atoms with E-state index in [1.807, 2.05) is 13.0 Å². The minimum Gasteiger partial charge on any atom is -0.287 e. The largest absolute Gasteiger partial charge is 0.380 e. The molecule has 0 spiro atoms. The molecule has 4 heterocycles. The minimum atomic E-state index is -5.61. The van der Waals surface area contributed by atoms with Crippen molar-refractivity contribution < 1.29 is 31.1 Å². The van der Waals surface area contributed by atoms with Crippen LogP contribution >= 0.6 is 57.1 Å². The van der Waals surface area contributed by atoms with Crippen molar-refractivity contribution in [2.24, 2.45) is 0 Å². The van der Waals surface area contributed by atoms with Crippen LogP contribution in [0.3, 0.4) is 0 Å². The number of thiophene rings is 4. The molecule has 12 heteroatoms. The molecule has 0 saturated carbocycles. The molecule has 38 heavy (non-hydrogen) atoms. The van der Waals surface area contributed by atoms with Gasteiger partial charge in [0.25, 0.3) is 0 Å². The van der Waals surface area contributed by atoms with Crippen molar-refractivity contribution in [3.05, 3.63) is 62.2 Å². The fourth-order valence-electron chi connectivity index (χ4n) is 4.35. The summed E-state index contributed by atoms with van der Waals surface area (Å²) in [5, 5.41) is -0.130. The first-order valence-electron chi connectivity index (χ1n) is 11.1. The smallest absolute Gasteiger partial charge is 0.287 e. The molecule has 0 amide bonds. The number of rotatable bonds is 5. The molecular weight excluding hydrogens is 603 g/mol. The Hall–Kier alpha value is -1.86. The highest BCUT2D eigenvalue weighted by Gasteiger charge is 2.80. The summed E-state index contributed by atoms with van der Waals surface area (Å²) in [6.07, 6.45) is 0. The van der Waals surface area contributed by atoms with Gasteiger partial charge in [0.1, 0.15) is 0 Å². The summed E-state index contributed by atoms with van der Waals surface area (Å²) in [6, 6.07) is 9.61. The Labute approximate surface area is 234 Å². The monoisotopic (exact) mass is 620 g/mol. The zero-order valence-corrected chi connectivity index (χ0v) is 24.3. The zero-order valence-electron chi connectivity index (χ0n) is 20.2. The first kappa shape index (κ1) is 27.7. The van der Waals surface area contributed by atoms with Crippen molar-refractivity contribution >= 4 is 73.4 Å². The maximum atomic E-state index is 15.4. The summed E-state index contributed by atoms with van der Waals surface area (Å²) < 4.78 is 91.9. The Kier molecular flexibility index (Phi) is 6.82. The maximum absolute atomic E-state index is 15.4. The lowest BCUT2D eigenvalue weighted by molar-refractivity contribution is -0.254. The lowest BCUT2D eigenvalue weighted by Gasteiger charge is -2.25. The summed E-state index contributed by atoms with van der Waals surface area (Å²) in [5.74, 6) is -15.8. The number of carbonyl (C=O) groups is 1. The van der Waals surface area contributed by atoms with Crippen LogP contribution in [0.4, 0.5) is 26.3 Å². The lowest BCUT2D eigenvalue weighted by Crippen LogP contribution is -2.48. The topological polar surface area (TPSA) is 17.1 Å². The first-order valence-corrected chi connectivity index (χ1v) is 15.2. The van der Waals surface area contributed by atoms with E-state index in [0.717, 1.165) is 44.2 Å². The molecule has 0 fully saturated rings. The molecule has 5 rings (SSSR count).